The third-order valence-corrected chi connectivity index (χ3v) is 5.48. The van der Waals surface area contributed by atoms with Crippen LogP contribution < -0.4 is 4.74 Å². The van der Waals surface area contributed by atoms with Crippen LogP contribution in [0.2, 0.25) is 5.02 Å². The van der Waals surface area contributed by atoms with Gasteiger partial charge in [0.25, 0.3) is 0 Å². The number of hydrogen-bond acceptors (Lipinski definition) is 3. The largest absolute Gasteiger partial charge is 0.497 e. The highest BCUT2D eigenvalue weighted by molar-refractivity contribution is 6.31. The lowest BCUT2D eigenvalue weighted by Gasteiger charge is -2.38. The Morgan fingerprint density at radius 1 is 1.19 bits per heavy atom. The van der Waals surface area contributed by atoms with E-state index in [2.05, 4.69) is 12.2 Å². The van der Waals surface area contributed by atoms with Crippen molar-refractivity contribution in [1.82, 2.24) is 0 Å². The minimum Gasteiger partial charge on any atom is -0.497 e. The lowest BCUT2D eigenvalue weighted by molar-refractivity contribution is -0.154. The summed E-state index contributed by atoms with van der Waals surface area (Å²) >= 11 is 6.46. The number of hydrogen-bond donors (Lipinski definition) is 0. The highest BCUT2D eigenvalue weighted by atomic mass is 35.5. The van der Waals surface area contributed by atoms with E-state index in [0.29, 0.717) is 11.4 Å². The molecule has 0 aliphatic heterocycles. The van der Waals surface area contributed by atoms with Gasteiger partial charge in [-0.3, -0.25) is 4.79 Å². The third kappa shape index (κ3) is 3.49. The number of carbonyl (C=O) groups is 1. The number of halogens is 1. The first-order chi connectivity index (χ1) is 12.6. The SMILES string of the molecule is COc1ccc(COC(=O)[C@@]2(c3ccccc3Cl)CCC=CC2C)cc1. The summed E-state index contributed by atoms with van der Waals surface area (Å²) in [5.41, 5.74) is 1.02. The average molecular weight is 371 g/mol. The van der Waals surface area contributed by atoms with Crippen molar-refractivity contribution in [2.24, 2.45) is 5.92 Å². The van der Waals surface area contributed by atoms with Crippen molar-refractivity contribution in [3.8, 4) is 5.75 Å². The lowest BCUT2D eigenvalue weighted by Crippen LogP contribution is -2.44. The molecule has 1 aliphatic rings. The smallest absolute Gasteiger partial charge is 0.317 e. The summed E-state index contributed by atoms with van der Waals surface area (Å²) in [6, 6.07) is 15.1. The summed E-state index contributed by atoms with van der Waals surface area (Å²) in [4.78, 5) is 13.2. The summed E-state index contributed by atoms with van der Waals surface area (Å²) in [6.07, 6.45) is 5.72. The normalized spacial score (nSPS) is 22.0. The van der Waals surface area contributed by atoms with E-state index >= 15 is 0 Å². The van der Waals surface area contributed by atoms with E-state index in [-0.39, 0.29) is 18.5 Å². The van der Waals surface area contributed by atoms with E-state index < -0.39 is 5.41 Å². The molecule has 0 radical (unpaired) electrons. The Kier molecular flexibility index (Phi) is 5.67. The highest BCUT2D eigenvalue weighted by Gasteiger charge is 2.47. The van der Waals surface area contributed by atoms with Gasteiger partial charge in [0.15, 0.2) is 0 Å². The number of esters is 1. The molecule has 0 saturated heterocycles. The fourth-order valence-electron chi connectivity index (χ4n) is 3.60. The molecule has 2 aromatic rings. The summed E-state index contributed by atoms with van der Waals surface area (Å²) in [5, 5.41) is 0.607. The van der Waals surface area contributed by atoms with Gasteiger partial charge in [-0.1, -0.05) is 61.0 Å². The Morgan fingerprint density at radius 2 is 1.92 bits per heavy atom. The van der Waals surface area contributed by atoms with Crippen LogP contribution >= 0.6 is 11.6 Å². The van der Waals surface area contributed by atoms with Crippen LogP contribution in [0.3, 0.4) is 0 Å². The minimum absolute atomic E-state index is 0.0134. The summed E-state index contributed by atoms with van der Waals surface area (Å²) in [5.74, 6) is 0.566. The molecule has 0 saturated carbocycles. The van der Waals surface area contributed by atoms with E-state index in [4.69, 9.17) is 21.1 Å². The van der Waals surface area contributed by atoms with E-state index in [0.717, 1.165) is 23.3 Å². The fraction of sp³-hybridized carbons (Fsp3) is 0.318. The van der Waals surface area contributed by atoms with Crippen molar-refractivity contribution in [3.05, 3.63) is 76.8 Å². The van der Waals surface area contributed by atoms with Gasteiger partial charge in [0.05, 0.1) is 7.11 Å². The quantitative estimate of drug-likeness (QED) is 0.528. The van der Waals surface area contributed by atoms with E-state index in [1.54, 1.807) is 7.11 Å². The number of methoxy groups -OCH3 is 1. The monoisotopic (exact) mass is 370 g/mol. The predicted octanol–water partition coefficient (Wildman–Crippen LogP) is 5.32. The topological polar surface area (TPSA) is 35.5 Å². The van der Waals surface area contributed by atoms with Crippen LogP contribution in [0.5, 0.6) is 5.75 Å². The number of ether oxygens (including phenoxy) is 2. The molecule has 3 rings (SSSR count). The molecule has 26 heavy (non-hydrogen) atoms. The molecule has 0 aromatic heterocycles. The zero-order chi connectivity index (χ0) is 18.6. The van der Waals surface area contributed by atoms with Crippen molar-refractivity contribution in [3.63, 3.8) is 0 Å². The second kappa shape index (κ2) is 7.96. The van der Waals surface area contributed by atoms with Crippen LogP contribution in [0.4, 0.5) is 0 Å². The maximum absolute atomic E-state index is 13.2. The lowest BCUT2D eigenvalue weighted by atomic mass is 9.65. The van der Waals surface area contributed by atoms with Gasteiger partial charge in [-0.25, -0.2) is 0 Å². The number of benzene rings is 2. The van der Waals surface area contributed by atoms with Gasteiger partial charge < -0.3 is 9.47 Å². The second-order valence-electron chi connectivity index (χ2n) is 6.63. The van der Waals surface area contributed by atoms with Crippen LogP contribution in [0.1, 0.15) is 30.9 Å². The second-order valence-corrected chi connectivity index (χ2v) is 7.04. The predicted molar refractivity (Wildman–Crippen MR) is 103 cm³/mol. The Bertz CT molecular complexity index is 797. The Morgan fingerprint density at radius 3 is 2.58 bits per heavy atom. The fourth-order valence-corrected chi connectivity index (χ4v) is 3.91. The van der Waals surface area contributed by atoms with Gasteiger partial charge in [-0.15, -0.1) is 0 Å². The van der Waals surface area contributed by atoms with Crippen molar-refractivity contribution >= 4 is 17.6 Å². The molecule has 0 heterocycles. The Balaban J connectivity index is 1.86. The maximum Gasteiger partial charge on any atom is 0.317 e. The van der Waals surface area contributed by atoms with Gasteiger partial charge in [-0.2, -0.15) is 0 Å². The standard InChI is InChI=1S/C22H23ClO3/c1-16-7-5-6-14-22(16,19-8-3-4-9-20(19)23)21(24)26-15-17-10-12-18(25-2)13-11-17/h3-5,7-13,16H,6,14-15H2,1-2H3/t16?,22-/m0/s1. The molecule has 2 atom stereocenters. The van der Waals surface area contributed by atoms with Crippen molar-refractivity contribution < 1.29 is 14.3 Å². The molecule has 1 unspecified atom stereocenters. The molecule has 0 amide bonds. The van der Waals surface area contributed by atoms with Crippen molar-refractivity contribution in [2.75, 3.05) is 7.11 Å². The highest BCUT2D eigenvalue weighted by Crippen LogP contribution is 2.44. The zero-order valence-electron chi connectivity index (χ0n) is 15.1. The molecule has 0 spiro atoms. The summed E-state index contributed by atoms with van der Waals surface area (Å²) in [7, 11) is 1.63. The molecule has 4 heteroatoms. The van der Waals surface area contributed by atoms with E-state index in [1.807, 2.05) is 55.5 Å². The van der Waals surface area contributed by atoms with Crippen molar-refractivity contribution in [2.45, 2.75) is 31.8 Å². The van der Waals surface area contributed by atoms with Gasteiger partial charge in [0.1, 0.15) is 17.8 Å². The van der Waals surface area contributed by atoms with Crippen LogP contribution in [-0.4, -0.2) is 13.1 Å². The van der Waals surface area contributed by atoms with Gasteiger partial charge in [0, 0.05) is 5.02 Å². The van der Waals surface area contributed by atoms with Crippen LogP contribution in [0, 0.1) is 5.92 Å². The molecular weight excluding hydrogens is 348 g/mol. The molecule has 2 aromatic carbocycles. The number of allylic oxidation sites excluding steroid dienone is 2. The Hall–Kier alpha value is -2.26. The van der Waals surface area contributed by atoms with E-state index in [9.17, 15) is 4.79 Å². The third-order valence-electron chi connectivity index (χ3n) is 5.16. The summed E-state index contributed by atoms with van der Waals surface area (Å²) < 4.78 is 10.9. The number of rotatable bonds is 5. The minimum atomic E-state index is -0.750. The molecular formula is C22H23ClO3. The first-order valence-corrected chi connectivity index (χ1v) is 9.17. The van der Waals surface area contributed by atoms with Crippen LogP contribution in [0.15, 0.2) is 60.7 Å². The van der Waals surface area contributed by atoms with Crippen LogP contribution in [-0.2, 0) is 21.6 Å². The molecule has 1 aliphatic carbocycles. The Labute approximate surface area is 159 Å². The zero-order valence-corrected chi connectivity index (χ0v) is 15.8. The molecule has 3 nitrogen and oxygen atoms in total. The molecule has 0 fully saturated rings. The molecule has 0 N–H and O–H groups in total. The van der Waals surface area contributed by atoms with Gasteiger partial charge in [-0.05, 0) is 48.1 Å². The average Bonchev–Trinajstić information content (AvgIpc) is 2.67. The van der Waals surface area contributed by atoms with Crippen LogP contribution in [0.25, 0.3) is 0 Å². The number of carbonyl (C=O) groups excluding carboxylic acids is 1. The first-order valence-electron chi connectivity index (χ1n) is 8.80. The van der Waals surface area contributed by atoms with Gasteiger partial charge in [0.2, 0.25) is 0 Å². The maximum atomic E-state index is 13.2. The molecule has 0 bridgehead atoms. The van der Waals surface area contributed by atoms with E-state index in [1.165, 1.54) is 0 Å². The van der Waals surface area contributed by atoms with Gasteiger partial charge >= 0.3 is 5.97 Å². The summed E-state index contributed by atoms with van der Waals surface area (Å²) in [6.45, 7) is 2.28. The van der Waals surface area contributed by atoms with Crippen molar-refractivity contribution in [1.29, 1.82) is 0 Å². The first kappa shape index (κ1) is 18.5. The molecule has 136 valence electrons.